The molecule has 0 aromatic heterocycles. The monoisotopic (exact) mass is 192 g/mol. The van der Waals surface area contributed by atoms with Crippen LogP contribution in [0.5, 0.6) is 0 Å². The molecule has 1 nitrogen and oxygen atoms in total. The Balaban J connectivity index is 1.99. The molecule has 0 radical (unpaired) electrons. The van der Waals surface area contributed by atoms with Crippen LogP contribution >= 0.6 is 23.5 Å². The first-order chi connectivity index (χ1) is 5.33. The molecule has 11 heavy (non-hydrogen) atoms. The third-order valence-electron chi connectivity index (χ3n) is 1.93. The number of thioether (sulfide) groups is 2. The van der Waals surface area contributed by atoms with E-state index < -0.39 is 0 Å². The van der Waals surface area contributed by atoms with E-state index in [9.17, 15) is 5.11 Å². The molecule has 1 heterocycles. The third kappa shape index (κ3) is 3.72. The predicted octanol–water partition coefficient (Wildman–Crippen LogP) is 2.00. The summed E-state index contributed by atoms with van der Waals surface area (Å²) in [6, 6.07) is 0. The van der Waals surface area contributed by atoms with Gasteiger partial charge in [0.15, 0.2) is 0 Å². The molecule has 3 heteroatoms. The van der Waals surface area contributed by atoms with Gasteiger partial charge in [-0.05, 0) is 31.3 Å². The van der Waals surface area contributed by atoms with Crippen LogP contribution in [-0.4, -0.2) is 34.2 Å². The molecular weight excluding hydrogens is 176 g/mol. The van der Waals surface area contributed by atoms with Gasteiger partial charge in [0.05, 0.1) is 6.10 Å². The molecule has 1 rings (SSSR count). The lowest BCUT2D eigenvalue weighted by atomic mass is 10.1. The zero-order valence-corrected chi connectivity index (χ0v) is 8.59. The van der Waals surface area contributed by atoms with Gasteiger partial charge in [0, 0.05) is 11.0 Å². The van der Waals surface area contributed by atoms with E-state index in [0.29, 0.717) is 0 Å². The van der Waals surface area contributed by atoms with Crippen LogP contribution in [0.4, 0.5) is 0 Å². The van der Waals surface area contributed by atoms with E-state index in [0.717, 1.165) is 17.4 Å². The average Bonchev–Trinajstić information content (AvgIpc) is 2.37. The van der Waals surface area contributed by atoms with Gasteiger partial charge in [0.25, 0.3) is 0 Å². The second-order valence-electron chi connectivity index (χ2n) is 2.98. The minimum atomic E-state index is -0.0146. The van der Waals surface area contributed by atoms with Crippen LogP contribution in [0.25, 0.3) is 0 Å². The predicted molar refractivity (Wildman–Crippen MR) is 54.5 cm³/mol. The molecule has 0 bridgehead atoms. The second kappa shape index (κ2) is 5.33. The highest BCUT2D eigenvalue weighted by atomic mass is 32.2. The van der Waals surface area contributed by atoms with Gasteiger partial charge in [-0.1, -0.05) is 0 Å². The molecule has 1 aliphatic rings. The number of hydrogen-bond acceptors (Lipinski definition) is 3. The van der Waals surface area contributed by atoms with Crippen molar-refractivity contribution in [3.63, 3.8) is 0 Å². The van der Waals surface area contributed by atoms with E-state index in [4.69, 9.17) is 0 Å². The second-order valence-corrected chi connectivity index (χ2v) is 5.30. The van der Waals surface area contributed by atoms with Crippen molar-refractivity contribution in [2.24, 2.45) is 0 Å². The third-order valence-corrected chi connectivity index (χ3v) is 4.11. The fraction of sp³-hybridized carbons (Fsp3) is 1.00. The summed E-state index contributed by atoms with van der Waals surface area (Å²) < 4.78 is 0. The summed E-state index contributed by atoms with van der Waals surface area (Å²) in [5.41, 5.74) is 0. The van der Waals surface area contributed by atoms with E-state index in [1.807, 2.05) is 23.5 Å². The van der Waals surface area contributed by atoms with Crippen LogP contribution < -0.4 is 0 Å². The maximum absolute atomic E-state index is 9.23. The van der Waals surface area contributed by atoms with Gasteiger partial charge in [-0.3, -0.25) is 0 Å². The van der Waals surface area contributed by atoms with Crippen molar-refractivity contribution in [2.45, 2.75) is 30.6 Å². The Labute approximate surface area is 77.3 Å². The summed E-state index contributed by atoms with van der Waals surface area (Å²) in [5, 5.41) is 9.98. The fourth-order valence-electron chi connectivity index (χ4n) is 1.34. The largest absolute Gasteiger partial charge is 0.392 e. The number of aliphatic hydroxyl groups is 1. The molecule has 1 N–H and O–H groups in total. The van der Waals surface area contributed by atoms with Crippen molar-refractivity contribution >= 4 is 23.5 Å². The summed E-state index contributed by atoms with van der Waals surface area (Å²) in [6.07, 6.45) is 5.77. The summed E-state index contributed by atoms with van der Waals surface area (Å²) >= 11 is 3.86. The minimum absolute atomic E-state index is 0.0146. The first-order valence-corrected chi connectivity index (χ1v) is 6.56. The molecule has 0 aromatic rings. The summed E-state index contributed by atoms with van der Waals surface area (Å²) in [7, 11) is 0. The van der Waals surface area contributed by atoms with Crippen LogP contribution in [0.2, 0.25) is 0 Å². The fourth-order valence-corrected chi connectivity index (χ4v) is 3.12. The van der Waals surface area contributed by atoms with Gasteiger partial charge in [0.2, 0.25) is 0 Å². The van der Waals surface area contributed by atoms with Crippen molar-refractivity contribution in [1.29, 1.82) is 0 Å². The standard InChI is InChI=1S/C8H16OS2/c1-10-4-2-3-8-5-7(9)6-11-8/h7-9H,2-6H2,1H3. The van der Waals surface area contributed by atoms with Crippen molar-refractivity contribution in [3.05, 3.63) is 0 Å². The van der Waals surface area contributed by atoms with Gasteiger partial charge < -0.3 is 5.11 Å². The molecule has 1 saturated heterocycles. The van der Waals surface area contributed by atoms with E-state index >= 15 is 0 Å². The highest BCUT2D eigenvalue weighted by Crippen LogP contribution is 2.30. The molecule has 0 aromatic carbocycles. The molecular formula is C8H16OS2. The lowest BCUT2D eigenvalue weighted by Gasteiger charge is -2.06. The van der Waals surface area contributed by atoms with Crippen LogP contribution in [0, 0.1) is 0 Å². The van der Waals surface area contributed by atoms with Crippen molar-refractivity contribution in [1.82, 2.24) is 0 Å². The SMILES string of the molecule is CSCCCC1CC(O)CS1. The van der Waals surface area contributed by atoms with Crippen LogP contribution in [0.15, 0.2) is 0 Å². The molecule has 0 amide bonds. The molecule has 0 aliphatic carbocycles. The van der Waals surface area contributed by atoms with Crippen molar-refractivity contribution in [3.8, 4) is 0 Å². The van der Waals surface area contributed by atoms with Crippen LogP contribution in [-0.2, 0) is 0 Å². The quantitative estimate of drug-likeness (QED) is 0.688. The summed E-state index contributed by atoms with van der Waals surface area (Å²) in [4.78, 5) is 0. The Kier molecular flexibility index (Phi) is 4.72. The zero-order valence-electron chi connectivity index (χ0n) is 6.95. The van der Waals surface area contributed by atoms with Crippen LogP contribution in [0.1, 0.15) is 19.3 Å². The molecule has 0 saturated carbocycles. The Bertz CT molecular complexity index is 108. The molecule has 2 unspecified atom stereocenters. The van der Waals surface area contributed by atoms with Gasteiger partial charge in [-0.25, -0.2) is 0 Å². The van der Waals surface area contributed by atoms with E-state index in [1.54, 1.807) is 0 Å². The van der Waals surface area contributed by atoms with Gasteiger partial charge in [-0.15, -0.1) is 0 Å². The normalized spacial score (nSPS) is 31.1. The maximum atomic E-state index is 9.23. The highest BCUT2D eigenvalue weighted by molar-refractivity contribution is 8.00. The van der Waals surface area contributed by atoms with Crippen molar-refractivity contribution in [2.75, 3.05) is 17.8 Å². The highest BCUT2D eigenvalue weighted by Gasteiger charge is 2.22. The van der Waals surface area contributed by atoms with Crippen molar-refractivity contribution < 1.29 is 5.11 Å². The average molecular weight is 192 g/mol. The summed E-state index contributed by atoms with van der Waals surface area (Å²) in [6.45, 7) is 0. The topological polar surface area (TPSA) is 20.2 Å². The summed E-state index contributed by atoms with van der Waals surface area (Å²) in [5.74, 6) is 2.23. The lowest BCUT2D eigenvalue weighted by Crippen LogP contribution is -2.05. The zero-order chi connectivity index (χ0) is 8.10. The Morgan fingerprint density at radius 3 is 3.00 bits per heavy atom. The molecule has 2 atom stereocenters. The first kappa shape index (κ1) is 9.75. The number of aliphatic hydroxyl groups excluding tert-OH is 1. The molecule has 1 aliphatic heterocycles. The van der Waals surface area contributed by atoms with E-state index in [2.05, 4.69) is 6.26 Å². The molecule has 0 spiro atoms. The van der Waals surface area contributed by atoms with Crippen LogP contribution in [0.3, 0.4) is 0 Å². The number of rotatable bonds is 4. The maximum Gasteiger partial charge on any atom is 0.0641 e. The first-order valence-electron chi connectivity index (χ1n) is 4.11. The Hall–Kier alpha value is 0.660. The lowest BCUT2D eigenvalue weighted by molar-refractivity contribution is 0.195. The van der Waals surface area contributed by atoms with Gasteiger partial charge in [0.1, 0.15) is 0 Å². The smallest absolute Gasteiger partial charge is 0.0641 e. The molecule has 1 fully saturated rings. The van der Waals surface area contributed by atoms with Gasteiger partial charge >= 0.3 is 0 Å². The number of hydrogen-bond donors (Lipinski definition) is 1. The van der Waals surface area contributed by atoms with Gasteiger partial charge in [-0.2, -0.15) is 23.5 Å². The Morgan fingerprint density at radius 2 is 2.45 bits per heavy atom. The minimum Gasteiger partial charge on any atom is -0.392 e. The molecule has 66 valence electrons. The van der Waals surface area contributed by atoms with E-state index in [1.165, 1.54) is 18.6 Å². The Morgan fingerprint density at radius 1 is 1.64 bits per heavy atom. The van der Waals surface area contributed by atoms with E-state index in [-0.39, 0.29) is 6.10 Å².